The van der Waals surface area contributed by atoms with Crippen molar-refractivity contribution in [2.24, 2.45) is 0 Å². The van der Waals surface area contributed by atoms with E-state index < -0.39 is 0 Å². The van der Waals surface area contributed by atoms with Gasteiger partial charge in [0, 0.05) is 15.5 Å². The van der Waals surface area contributed by atoms with Gasteiger partial charge in [-0.2, -0.15) is 0 Å². The lowest BCUT2D eigenvalue weighted by Crippen LogP contribution is -1.89. The van der Waals surface area contributed by atoms with E-state index in [2.05, 4.69) is 30.3 Å². The summed E-state index contributed by atoms with van der Waals surface area (Å²) in [5.41, 5.74) is 6.29. The standard InChI is InChI=1S/C16H12FNS/c17-13-6-8-16(15(18)10-13)19-14-7-5-11-3-1-2-4-12(11)9-14/h1-10H,18H2. The predicted octanol–water partition coefficient (Wildman–Crippen LogP) is 4.71. The molecule has 3 rings (SSSR count). The molecular weight excluding hydrogens is 257 g/mol. The number of benzene rings is 3. The highest BCUT2D eigenvalue weighted by atomic mass is 32.2. The molecule has 0 saturated carbocycles. The minimum atomic E-state index is -0.305. The van der Waals surface area contributed by atoms with Gasteiger partial charge in [0.05, 0.1) is 0 Å². The van der Waals surface area contributed by atoms with Gasteiger partial charge in [-0.15, -0.1) is 0 Å². The number of hydrogen-bond donors (Lipinski definition) is 1. The van der Waals surface area contributed by atoms with Crippen molar-refractivity contribution in [1.82, 2.24) is 0 Å². The monoisotopic (exact) mass is 269 g/mol. The lowest BCUT2D eigenvalue weighted by atomic mass is 10.1. The summed E-state index contributed by atoms with van der Waals surface area (Å²) in [6.45, 7) is 0. The van der Waals surface area contributed by atoms with E-state index in [4.69, 9.17) is 5.73 Å². The molecule has 0 aliphatic rings. The zero-order valence-electron chi connectivity index (χ0n) is 10.1. The molecular formula is C16H12FNS. The lowest BCUT2D eigenvalue weighted by molar-refractivity contribution is 0.627. The third-order valence-corrected chi connectivity index (χ3v) is 4.00. The number of nitrogens with two attached hydrogens (primary N) is 1. The van der Waals surface area contributed by atoms with Gasteiger partial charge in [0.1, 0.15) is 5.82 Å². The minimum Gasteiger partial charge on any atom is -0.398 e. The fourth-order valence-electron chi connectivity index (χ4n) is 1.97. The van der Waals surface area contributed by atoms with E-state index in [9.17, 15) is 4.39 Å². The topological polar surface area (TPSA) is 26.0 Å². The summed E-state index contributed by atoms with van der Waals surface area (Å²) in [5.74, 6) is -0.305. The van der Waals surface area contributed by atoms with Crippen molar-refractivity contribution >= 4 is 28.2 Å². The first-order chi connectivity index (χ1) is 9.22. The Morgan fingerprint density at radius 3 is 2.42 bits per heavy atom. The van der Waals surface area contributed by atoms with Gasteiger partial charge >= 0.3 is 0 Å². The fraction of sp³-hybridized carbons (Fsp3) is 0. The van der Waals surface area contributed by atoms with Crippen LogP contribution in [0.3, 0.4) is 0 Å². The Bertz CT molecular complexity index is 740. The summed E-state index contributed by atoms with van der Waals surface area (Å²) in [6, 6.07) is 18.9. The van der Waals surface area contributed by atoms with Crippen LogP contribution in [0.4, 0.5) is 10.1 Å². The van der Waals surface area contributed by atoms with Gasteiger partial charge in [-0.25, -0.2) is 4.39 Å². The second kappa shape index (κ2) is 4.94. The SMILES string of the molecule is Nc1cc(F)ccc1Sc1ccc2ccccc2c1. The van der Waals surface area contributed by atoms with Crippen LogP contribution in [-0.2, 0) is 0 Å². The second-order valence-corrected chi connectivity index (χ2v) is 5.41. The van der Waals surface area contributed by atoms with Crippen LogP contribution < -0.4 is 5.73 Å². The molecule has 94 valence electrons. The van der Waals surface area contributed by atoms with E-state index in [0.717, 1.165) is 9.79 Å². The van der Waals surface area contributed by atoms with Crippen LogP contribution in [0, 0.1) is 5.82 Å². The van der Waals surface area contributed by atoms with Crippen LogP contribution in [0.2, 0.25) is 0 Å². The highest BCUT2D eigenvalue weighted by molar-refractivity contribution is 7.99. The van der Waals surface area contributed by atoms with Gasteiger partial charge in [0.2, 0.25) is 0 Å². The Morgan fingerprint density at radius 2 is 1.63 bits per heavy atom. The van der Waals surface area contributed by atoms with Crippen LogP contribution in [0.15, 0.2) is 70.5 Å². The van der Waals surface area contributed by atoms with E-state index in [1.807, 2.05) is 12.1 Å². The third kappa shape index (κ3) is 2.56. The van der Waals surface area contributed by atoms with Crippen molar-refractivity contribution in [3.05, 3.63) is 66.5 Å². The number of nitrogen functional groups attached to an aromatic ring is 1. The molecule has 3 aromatic rings. The van der Waals surface area contributed by atoms with E-state index in [-0.39, 0.29) is 5.82 Å². The molecule has 0 atom stereocenters. The Kier molecular flexibility index (Phi) is 3.13. The van der Waals surface area contributed by atoms with Crippen LogP contribution in [-0.4, -0.2) is 0 Å². The summed E-state index contributed by atoms with van der Waals surface area (Å²) >= 11 is 1.55. The van der Waals surface area contributed by atoms with Crippen LogP contribution >= 0.6 is 11.8 Å². The Labute approximate surface area is 115 Å². The average Bonchev–Trinajstić information content (AvgIpc) is 2.42. The van der Waals surface area contributed by atoms with Crippen LogP contribution in [0.25, 0.3) is 10.8 Å². The predicted molar refractivity (Wildman–Crippen MR) is 78.9 cm³/mol. The maximum Gasteiger partial charge on any atom is 0.125 e. The van der Waals surface area contributed by atoms with Crippen molar-refractivity contribution < 1.29 is 4.39 Å². The number of rotatable bonds is 2. The van der Waals surface area contributed by atoms with Gasteiger partial charge in [-0.05, 0) is 41.1 Å². The molecule has 19 heavy (non-hydrogen) atoms. The Hall–Kier alpha value is -2.00. The van der Waals surface area contributed by atoms with Crippen molar-refractivity contribution in [2.75, 3.05) is 5.73 Å². The molecule has 2 N–H and O–H groups in total. The molecule has 0 aromatic heterocycles. The Morgan fingerprint density at radius 1 is 0.842 bits per heavy atom. The molecule has 0 unspecified atom stereocenters. The molecule has 1 nitrogen and oxygen atoms in total. The molecule has 3 heteroatoms. The maximum absolute atomic E-state index is 13.0. The molecule has 0 spiro atoms. The normalized spacial score (nSPS) is 10.8. The van der Waals surface area contributed by atoms with Crippen LogP contribution in [0.1, 0.15) is 0 Å². The average molecular weight is 269 g/mol. The largest absolute Gasteiger partial charge is 0.398 e. The zero-order chi connectivity index (χ0) is 13.2. The molecule has 0 radical (unpaired) electrons. The Balaban J connectivity index is 1.96. The first kappa shape index (κ1) is 12.1. The summed E-state index contributed by atoms with van der Waals surface area (Å²) < 4.78 is 13.0. The van der Waals surface area contributed by atoms with Gasteiger partial charge in [-0.1, -0.05) is 42.1 Å². The van der Waals surface area contributed by atoms with Gasteiger partial charge in [-0.3, -0.25) is 0 Å². The summed E-state index contributed by atoms with van der Waals surface area (Å²) in [6.07, 6.45) is 0. The van der Waals surface area contributed by atoms with Gasteiger partial charge < -0.3 is 5.73 Å². The highest BCUT2D eigenvalue weighted by Crippen LogP contribution is 2.33. The summed E-state index contributed by atoms with van der Waals surface area (Å²) in [5, 5.41) is 2.40. The summed E-state index contributed by atoms with van der Waals surface area (Å²) in [7, 11) is 0. The smallest absolute Gasteiger partial charge is 0.125 e. The van der Waals surface area contributed by atoms with E-state index in [1.165, 1.54) is 22.9 Å². The maximum atomic E-state index is 13.0. The molecule has 0 fully saturated rings. The first-order valence-corrected chi connectivity index (χ1v) is 6.76. The van der Waals surface area contributed by atoms with Crippen molar-refractivity contribution in [3.63, 3.8) is 0 Å². The zero-order valence-corrected chi connectivity index (χ0v) is 11.0. The van der Waals surface area contributed by atoms with E-state index in [0.29, 0.717) is 5.69 Å². The van der Waals surface area contributed by atoms with Gasteiger partial charge in [0.15, 0.2) is 0 Å². The first-order valence-electron chi connectivity index (χ1n) is 5.94. The molecule has 0 saturated heterocycles. The summed E-state index contributed by atoms with van der Waals surface area (Å²) in [4.78, 5) is 1.97. The number of halogens is 1. The number of hydrogen-bond acceptors (Lipinski definition) is 2. The highest BCUT2D eigenvalue weighted by Gasteiger charge is 2.04. The molecule has 0 aliphatic heterocycles. The second-order valence-electron chi connectivity index (χ2n) is 4.29. The molecule has 0 heterocycles. The third-order valence-electron chi connectivity index (χ3n) is 2.92. The van der Waals surface area contributed by atoms with E-state index >= 15 is 0 Å². The van der Waals surface area contributed by atoms with Gasteiger partial charge in [0.25, 0.3) is 0 Å². The minimum absolute atomic E-state index is 0.305. The molecule has 0 aliphatic carbocycles. The molecule has 3 aromatic carbocycles. The van der Waals surface area contributed by atoms with E-state index in [1.54, 1.807) is 17.8 Å². The lowest BCUT2D eigenvalue weighted by Gasteiger charge is -2.06. The van der Waals surface area contributed by atoms with Crippen molar-refractivity contribution in [3.8, 4) is 0 Å². The van der Waals surface area contributed by atoms with Crippen molar-refractivity contribution in [1.29, 1.82) is 0 Å². The molecule has 0 bridgehead atoms. The number of fused-ring (bicyclic) bond motifs is 1. The molecule has 0 amide bonds. The number of anilines is 1. The quantitative estimate of drug-likeness (QED) is 0.682. The van der Waals surface area contributed by atoms with Crippen molar-refractivity contribution in [2.45, 2.75) is 9.79 Å². The fourth-order valence-corrected chi connectivity index (χ4v) is 2.86. The van der Waals surface area contributed by atoms with Crippen LogP contribution in [0.5, 0.6) is 0 Å².